The summed E-state index contributed by atoms with van der Waals surface area (Å²) in [7, 11) is 1.63. The minimum atomic E-state index is -0.112. The summed E-state index contributed by atoms with van der Waals surface area (Å²) >= 11 is 0. The minimum Gasteiger partial charge on any atom is -0.355 e. The van der Waals surface area contributed by atoms with Gasteiger partial charge in [0.25, 0.3) is 11.8 Å². The molecule has 1 fully saturated rings. The molecule has 8 nitrogen and oxygen atoms in total. The third-order valence-corrected chi connectivity index (χ3v) is 8.09. The maximum absolute atomic E-state index is 13.4. The van der Waals surface area contributed by atoms with Crippen LogP contribution in [0.3, 0.4) is 0 Å². The highest BCUT2D eigenvalue weighted by Crippen LogP contribution is 2.25. The molecular formula is C33H48N6O2. The molecule has 0 aliphatic carbocycles. The summed E-state index contributed by atoms with van der Waals surface area (Å²) in [6.45, 7) is 8.59. The van der Waals surface area contributed by atoms with Crippen molar-refractivity contribution in [2.24, 2.45) is 0 Å². The molecule has 4 rings (SSSR count). The maximum atomic E-state index is 13.4. The van der Waals surface area contributed by atoms with E-state index in [1.54, 1.807) is 19.2 Å². The molecule has 0 atom stereocenters. The number of piperidine rings is 1. The maximum Gasteiger partial charge on any atom is 0.251 e. The first-order valence-electron chi connectivity index (χ1n) is 15.6. The van der Waals surface area contributed by atoms with Gasteiger partial charge in [-0.1, -0.05) is 46.0 Å². The number of rotatable bonds is 15. The van der Waals surface area contributed by atoms with Crippen LogP contribution >= 0.6 is 0 Å². The van der Waals surface area contributed by atoms with Gasteiger partial charge < -0.3 is 25.4 Å². The fourth-order valence-electron chi connectivity index (χ4n) is 5.66. The Hall–Kier alpha value is -3.39. The van der Waals surface area contributed by atoms with Crippen LogP contribution < -0.4 is 16.0 Å². The molecule has 222 valence electrons. The van der Waals surface area contributed by atoms with Crippen LogP contribution in [0.25, 0.3) is 11.0 Å². The molecule has 0 unspecified atom stereocenters. The topological polar surface area (TPSA) is 91.3 Å². The molecule has 1 aromatic heterocycles. The van der Waals surface area contributed by atoms with Crippen molar-refractivity contribution in [3.63, 3.8) is 0 Å². The molecule has 0 bridgehead atoms. The van der Waals surface area contributed by atoms with Gasteiger partial charge in [0.2, 0.25) is 5.95 Å². The summed E-state index contributed by atoms with van der Waals surface area (Å²) in [4.78, 5) is 32.8. The number of benzene rings is 2. The average Bonchev–Trinajstić information content (AvgIpc) is 3.34. The second kappa shape index (κ2) is 15.6. The Labute approximate surface area is 245 Å². The number of anilines is 2. The van der Waals surface area contributed by atoms with Gasteiger partial charge in [0.15, 0.2) is 0 Å². The van der Waals surface area contributed by atoms with Crippen LogP contribution in [0.4, 0.5) is 11.6 Å². The van der Waals surface area contributed by atoms with Gasteiger partial charge in [0, 0.05) is 36.4 Å². The van der Waals surface area contributed by atoms with Crippen molar-refractivity contribution in [2.75, 3.05) is 32.0 Å². The number of amides is 2. The van der Waals surface area contributed by atoms with Gasteiger partial charge >= 0.3 is 0 Å². The lowest BCUT2D eigenvalue weighted by atomic mass is 10.0. The number of unbranched alkanes of at least 4 members (excludes halogenated alkanes) is 2. The molecule has 8 heteroatoms. The third-order valence-electron chi connectivity index (χ3n) is 8.09. The number of nitrogens with one attached hydrogen (secondary N) is 3. The zero-order chi connectivity index (χ0) is 29.0. The smallest absolute Gasteiger partial charge is 0.251 e. The van der Waals surface area contributed by atoms with Gasteiger partial charge in [-0.2, -0.15) is 0 Å². The summed E-state index contributed by atoms with van der Waals surface area (Å²) in [5, 5.41) is 9.44. The highest BCUT2D eigenvalue weighted by atomic mass is 16.2. The second-order valence-electron chi connectivity index (χ2n) is 11.3. The lowest BCUT2D eigenvalue weighted by Gasteiger charge is -2.26. The van der Waals surface area contributed by atoms with Gasteiger partial charge in [-0.3, -0.25) is 9.59 Å². The van der Waals surface area contributed by atoms with Crippen LogP contribution in [0.1, 0.15) is 98.8 Å². The minimum absolute atomic E-state index is 0.00975. The molecule has 1 aliphatic heterocycles. The van der Waals surface area contributed by atoms with Crippen molar-refractivity contribution in [3.05, 3.63) is 53.6 Å². The van der Waals surface area contributed by atoms with Gasteiger partial charge in [-0.15, -0.1) is 0 Å². The van der Waals surface area contributed by atoms with E-state index in [1.807, 2.05) is 30.3 Å². The zero-order valence-electron chi connectivity index (χ0n) is 25.2. The number of likely N-dealkylation sites (tertiary alicyclic amines) is 1. The van der Waals surface area contributed by atoms with Gasteiger partial charge in [-0.25, -0.2) is 4.98 Å². The first-order chi connectivity index (χ1) is 20.0. The molecular weight excluding hydrogens is 512 g/mol. The Morgan fingerprint density at radius 1 is 0.854 bits per heavy atom. The fraction of sp³-hybridized carbons (Fsp3) is 0.545. The number of carbonyl (C=O) groups excluding carboxylic acids is 2. The second-order valence-corrected chi connectivity index (χ2v) is 11.3. The summed E-state index contributed by atoms with van der Waals surface area (Å²) in [6.07, 6.45) is 11.4. The van der Waals surface area contributed by atoms with E-state index in [0.717, 1.165) is 80.7 Å². The Morgan fingerprint density at radius 3 is 2.20 bits per heavy atom. The molecule has 2 amide bonds. The van der Waals surface area contributed by atoms with E-state index in [9.17, 15) is 9.59 Å². The first-order valence-corrected chi connectivity index (χ1v) is 15.6. The summed E-state index contributed by atoms with van der Waals surface area (Å²) < 4.78 is 2.20. The summed E-state index contributed by atoms with van der Waals surface area (Å²) in [6, 6.07) is 13.5. The van der Waals surface area contributed by atoms with Gasteiger partial charge in [0.05, 0.1) is 11.0 Å². The average molecular weight is 561 g/mol. The van der Waals surface area contributed by atoms with Crippen molar-refractivity contribution in [2.45, 2.75) is 90.6 Å². The molecule has 41 heavy (non-hydrogen) atoms. The predicted molar refractivity (Wildman–Crippen MR) is 168 cm³/mol. The van der Waals surface area contributed by atoms with E-state index in [2.05, 4.69) is 39.3 Å². The molecule has 0 saturated carbocycles. The molecule has 0 spiro atoms. The Kier molecular flexibility index (Phi) is 11.6. The number of fused-ring (bicyclic) bond motifs is 1. The van der Waals surface area contributed by atoms with Crippen LogP contribution in [0.15, 0.2) is 42.5 Å². The Balaban J connectivity index is 1.57. The van der Waals surface area contributed by atoms with Crippen LogP contribution in [-0.2, 0) is 6.54 Å². The van der Waals surface area contributed by atoms with Crippen molar-refractivity contribution in [3.8, 4) is 0 Å². The van der Waals surface area contributed by atoms with Crippen LogP contribution in [0.2, 0.25) is 0 Å². The van der Waals surface area contributed by atoms with Gasteiger partial charge in [0.1, 0.15) is 0 Å². The number of imidazole rings is 1. The van der Waals surface area contributed by atoms with Crippen molar-refractivity contribution >= 4 is 34.5 Å². The number of aromatic nitrogens is 2. The van der Waals surface area contributed by atoms with E-state index < -0.39 is 0 Å². The van der Waals surface area contributed by atoms with E-state index in [1.165, 1.54) is 32.4 Å². The number of aryl methyl sites for hydroxylation is 1. The number of hydrogen-bond acceptors (Lipinski definition) is 5. The fourth-order valence-corrected chi connectivity index (χ4v) is 5.66. The summed E-state index contributed by atoms with van der Waals surface area (Å²) in [5.74, 6) is 0.621. The highest BCUT2D eigenvalue weighted by Gasteiger charge is 2.18. The van der Waals surface area contributed by atoms with E-state index in [4.69, 9.17) is 4.98 Å². The molecule has 1 aliphatic rings. The van der Waals surface area contributed by atoms with E-state index >= 15 is 0 Å². The van der Waals surface area contributed by atoms with Crippen LogP contribution in [0.5, 0.6) is 0 Å². The molecule has 3 aromatic rings. The number of nitrogens with zero attached hydrogens (tertiary/aromatic N) is 3. The highest BCUT2D eigenvalue weighted by molar-refractivity contribution is 5.98. The summed E-state index contributed by atoms with van der Waals surface area (Å²) in [5.41, 5.74) is 3.96. The number of hydrogen-bond donors (Lipinski definition) is 3. The van der Waals surface area contributed by atoms with Crippen molar-refractivity contribution in [1.82, 2.24) is 25.1 Å². The van der Waals surface area contributed by atoms with Crippen molar-refractivity contribution in [1.29, 1.82) is 0 Å². The Morgan fingerprint density at radius 2 is 1.54 bits per heavy atom. The monoisotopic (exact) mass is 560 g/mol. The molecule has 2 heterocycles. The lowest BCUT2D eigenvalue weighted by Crippen LogP contribution is -2.34. The predicted octanol–water partition coefficient (Wildman–Crippen LogP) is 6.49. The van der Waals surface area contributed by atoms with Crippen LogP contribution in [0, 0.1) is 0 Å². The van der Waals surface area contributed by atoms with E-state index in [0.29, 0.717) is 11.1 Å². The lowest BCUT2D eigenvalue weighted by molar-refractivity contribution is 0.0930. The van der Waals surface area contributed by atoms with Crippen molar-refractivity contribution < 1.29 is 9.59 Å². The van der Waals surface area contributed by atoms with Gasteiger partial charge in [-0.05, 0) is 94.2 Å². The Bertz CT molecular complexity index is 1250. The van der Waals surface area contributed by atoms with E-state index in [-0.39, 0.29) is 17.9 Å². The molecule has 2 aromatic carbocycles. The SMILES string of the molecule is CCCCC(CCCC)NC(=O)c1ccc2nc(Nc3ccc(C(=O)NC)cc3)n(CCCN3CCCCC3)c2c1. The molecule has 1 saturated heterocycles. The standard InChI is InChI=1S/C33H48N6O2/c1-4-6-12-27(13-7-5-2)35-32(41)26-16-19-29-30(24-26)39(23-11-22-38-20-9-8-10-21-38)33(37-29)36-28-17-14-25(15-18-28)31(40)34-3/h14-19,24,27H,4-13,20-23H2,1-3H3,(H,34,40)(H,35,41)(H,36,37). The molecule has 0 radical (unpaired) electrons. The zero-order valence-corrected chi connectivity index (χ0v) is 25.2. The quantitative estimate of drug-likeness (QED) is 0.198. The number of carbonyl (C=O) groups is 2. The van der Waals surface area contributed by atoms with Crippen LogP contribution in [-0.4, -0.2) is 59.0 Å². The first kappa shape index (κ1) is 30.6. The largest absolute Gasteiger partial charge is 0.355 e. The normalized spacial score (nSPS) is 14.0. The molecule has 3 N–H and O–H groups in total. The third kappa shape index (κ3) is 8.55.